The molecule has 0 aliphatic carbocycles. The number of nitro groups is 2. The van der Waals surface area contributed by atoms with Crippen LogP contribution in [0.15, 0.2) is 12.1 Å². The zero-order valence-corrected chi connectivity index (χ0v) is 11.6. The Hall–Kier alpha value is -2.20. The van der Waals surface area contributed by atoms with E-state index < -0.39 is 32.1 Å². The molecule has 0 heterocycles. The second kappa shape index (κ2) is 8.83. The van der Waals surface area contributed by atoms with Gasteiger partial charge in [0.1, 0.15) is 0 Å². The van der Waals surface area contributed by atoms with Gasteiger partial charge in [-0.15, -0.1) is 10.1 Å². The Morgan fingerprint density at radius 1 is 1.00 bits per heavy atom. The number of non-ortho nitro benzene ring substituents is 1. The molecule has 12 nitrogen and oxygen atoms in total. The van der Waals surface area contributed by atoms with Gasteiger partial charge in [0, 0.05) is 6.07 Å². The Morgan fingerprint density at radius 2 is 1.50 bits per heavy atom. The van der Waals surface area contributed by atoms with Gasteiger partial charge in [-0.2, -0.15) is 0 Å². The van der Waals surface area contributed by atoms with Gasteiger partial charge in [-0.25, -0.2) is 0 Å². The quantitative estimate of drug-likeness (QED) is 0.439. The Labute approximate surface area is 125 Å². The van der Waals surface area contributed by atoms with Crippen LogP contribution in [-0.4, -0.2) is 14.9 Å². The number of hydrogen-bond acceptors (Lipinski definition) is 9. The maximum atomic E-state index is 10.6. The van der Waals surface area contributed by atoms with Crippen LogP contribution in [0.1, 0.15) is 5.56 Å². The third kappa shape index (κ3) is 5.20. The van der Waals surface area contributed by atoms with Crippen LogP contribution in [-0.2, 0) is 20.4 Å². The molecule has 1 aromatic rings. The van der Waals surface area contributed by atoms with Crippen LogP contribution < -0.4 is 17.1 Å². The monoisotopic (exact) mass is 383 g/mol. The predicted octanol–water partition coefficient (Wildman–Crippen LogP) is 1.70. The molecule has 0 bridgehead atoms. The molecule has 0 aromatic heterocycles. The first kappa shape index (κ1) is 22.9. The molecule has 0 saturated heterocycles. The Morgan fingerprint density at radius 3 is 1.85 bits per heavy atom. The molecule has 114 valence electrons. The van der Waals surface area contributed by atoms with Crippen LogP contribution >= 0.6 is 0 Å². The Bertz CT molecular complexity index is 523. The number of hydrogen-bond donors (Lipinski definition) is 2. The van der Waals surface area contributed by atoms with Gasteiger partial charge in [-0.05, 0) is 12.5 Å². The van der Waals surface area contributed by atoms with Crippen LogP contribution in [0.4, 0.5) is 11.4 Å². The van der Waals surface area contributed by atoms with E-state index in [1.54, 1.807) is 0 Å². The van der Waals surface area contributed by atoms with Gasteiger partial charge in [0.05, 0.1) is 15.9 Å². The SMILES string of the molecule is Cc1cc([N+](=O)[O-])cc([N+](=O)[O-])c1O[N+](=O)[O-].N.N.[Pd+2]. The van der Waals surface area contributed by atoms with E-state index in [0.717, 1.165) is 6.07 Å². The third-order valence-corrected chi connectivity index (χ3v) is 1.81. The number of nitro benzene ring substituents is 2. The van der Waals surface area contributed by atoms with Crippen molar-refractivity contribution in [1.82, 2.24) is 12.3 Å². The van der Waals surface area contributed by atoms with Gasteiger partial charge in [0.2, 0.25) is 5.75 Å². The molecule has 0 fully saturated rings. The van der Waals surface area contributed by atoms with Crippen molar-refractivity contribution in [1.29, 1.82) is 0 Å². The average molecular weight is 384 g/mol. The fourth-order valence-electron chi connectivity index (χ4n) is 1.17. The van der Waals surface area contributed by atoms with E-state index in [1.807, 2.05) is 0 Å². The number of nitrogens with zero attached hydrogens (tertiary/aromatic N) is 3. The fourth-order valence-corrected chi connectivity index (χ4v) is 1.17. The van der Waals surface area contributed by atoms with E-state index in [9.17, 15) is 30.3 Å². The molecule has 13 heteroatoms. The van der Waals surface area contributed by atoms with Gasteiger partial charge in [0.15, 0.2) is 0 Å². The molecule has 20 heavy (non-hydrogen) atoms. The van der Waals surface area contributed by atoms with Crippen LogP contribution in [0.3, 0.4) is 0 Å². The second-order valence-corrected chi connectivity index (χ2v) is 2.94. The third-order valence-electron chi connectivity index (χ3n) is 1.81. The van der Waals surface area contributed by atoms with Crippen molar-refractivity contribution in [3.05, 3.63) is 48.0 Å². The van der Waals surface area contributed by atoms with Crippen molar-refractivity contribution in [2.45, 2.75) is 6.92 Å². The van der Waals surface area contributed by atoms with Gasteiger partial charge in [0.25, 0.3) is 10.8 Å². The van der Waals surface area contributed by atoms with Gasteiger partial charge >= 0.3 is 26.1 Å². The molecule has 0 saturated carbocycles. The van der Waals surface area contributed by atoms with Crippen molar-refractivity contribution in [2.75, 3.05) is 0 Å². The molecule has 1 aromatic carbocycles. The summed E-state index contributed by atoms with van der Waals surface area (Å²) < 4.78 is 0. The average Bonchev–Trinajstić information content (AvgIpc) is 2.19. The fraction of sp³-hybridized carbons (Fsp3) is 0.143. The maximum Gasteiger partial charge on any atom is 2.00 e. The van der Waals surface area contributed by atoms with Crippen molar-refractivity contribution in [2.24, 2.45) is 0 Å². The molecule has 1 rings (SSSR count). The molecule has 0 unspecified atom stereocenters. The Kier molecular flexibility index (Phi) is 10.1. The first-order chi connectivity index (χ1) is 7.82. The van der Waals surface area contributed by atoms with Crippen LogP contribution in [0.5, 0.6) is 5.75 Å². The molecule has 0 aliphatic heterocycles. The molecule has 6 N–H and O–H groups in total. The van der Waals surface area contributed by atoms with Crippen LogP contribution in [0.2, 0.25) is 0 Å². The first-order valence-electron chi connectivity index (χ1n) is 4.08. The van der Waals surface area contributed by atoms with Crippen LogP contribution in [0, 0.1) is 37.3 Å². The van der Waals surface area contributed by atoms with Crippen molar-refractivity contribution < 1.29 is 40.2 Å². The summed E-state index contributed by atoms with van der Waals surface area (Å²) in [5, 5.41) is 30.0. The van der Waals surface area contributed by atoms with E-state index in [2.05, 4.69) is 4.84 Å². The van der Waals surface area contributed by atoms with E-state index in [-0.39, 0.29) is 38.3 Å². The molecular weight excluding hydrogens is 373 g/mol. The topological polar surface area (TPSA) is 209 Å². The predicted molar refractivity (Wildman–Crippen MR) is 62.2 cm³/mol. The molecular formula is C7H11N5O7Pd+2. The summed E-state index contributed by atoms with van der Waals surface area (Å²) in [7, 11) is 0. The van der Waals surface area contributed by atoms with E-state index in [0.29, 0.717) is 6.07 Å². The smallest absolute Gasteiger partial charge is 0.344 e. The minimum absolute atomic E-state index is 0. The zero-order valence-electron chi connectivity index (χ0n) is 10.1. The zero-order chi connectivity index (χ0) is 13.2. The summed E-state index contributed by atoms with van der Waals surface area (Å²) in [5.41, 5.74) is -1.43. The normalized spacial score (nSPS) is 8.25. The van der Waals surface area contributed by atoms with Crippen LogP contribution in [0.25, 0.3) is 0 Å². The van der Waals surface area contributed by atoms with Gasteiger partial charge in [-0.3, -0.25) is 25.1 Å². The minimum Gasteiger partial charge on any atom is -0.344 e. The number of rotatable bonds is 4. The summed E-state index contributed by atoms with van der Waals surface area (Å²) in [6.45, 7) is 1.23. The minimum atomic E-state index is -1.22. The molecule has 0 spiro atoms. The summed E-state index contributed by atoms with van der Waals surface area (Å²) in [4.78, 5) is 33.4. The molecule has 0 radical (unpaired) electrons. The van der Waals surface area contributed by atoms with E-state index in [4.69, 9.17) is 0 Å². The number of aryl methyl sites for hydroxylation is 1. The summed E-state index contributed by atoms with van der Waals surface area (Å²) in [5.74, 6) is -0.620. The summed E-state index contributed by atoms with van der Waals surface area (Å²) in [6.07, 6.45) is 0. The first-order valence-corrected chi connectivity index (χ1v) is 4.08. The van der Waals surface area contributed by atoms with Crippen molar-refractivity contribution >= 4 is 11.4 Å². The largest absolute Gasteiger partial charge is 2.00 e. The van der Waals surface area contributed by atoms with E-state index in [1.165, 1.54) is 6.92 Å². The van der Waals surface area contributed by atoms with Crippen molar-refractivity contribution in [3.63, 3.8) is 0 Å². The standard InChI is InChI=1S/C7H5N3O7.2H3N.Pd/c1-4-2-5(8(11)12)3-6(9(13)14)7(4)17-10(15)16;;;/h2-3H,1H3;2*1H3;/q;;;+2. The summed E-state index contributed by atoms with van der Waals surface area (Å²) in [6, 6.07) is 1.55. The number of benzene rings is 1. The molecule has 0 amide bonds. The van der Waals surface area contributed by atoms with Crippen molar-refractivity contribution in [3.8, 4) is 5.75 Å². The summed E-state index contributed by atoms with van der Waals surface area (Å²) >= 11 is 0. The van der Waals surface area contributed by atoms with Gasteiger partial charge < -0.3 is 12.3 Å². The Balaban J connectivity index is -0.000000963. The maximum absolute atomic E-state index is 10.6. The van der Waals surface area contributed by atoms with E-state index >= 15 is 0 Å². The van der Waals surface area contributed by atoms with Gasteiger partial charge in [-0.1, -0.05) is 0 Å². The second-order valence-electron chi connectivity index (χ2n) is 2.94. The molecule has 0 aliphatic rings. The molecule has 0 atom stereocenters.